The van der Waals surface area contributed by atoms with Gasteiger partial charge in [0.1, 0.15) is 0 Å². The van der Waals surface area contributed by atoms with E-state index in [4.69, 9.17) is 4.74 Å². The summed E-state index contributed by atoms with van der Waals surface area (Å²) in [4.78, 5) is 25.3. The molecule has 1 saturated heterocycles. The van der Waals surface area contributed by atoms with Gasteiger partial charge in [-0.2, -0.15) is 0 Å². The Morgan fingerprint density at radius 2 is 2.20 bits per heavy atom. The van der Waals surface area contributed by atoms with E-state index in [-0.39, 0.29) is 35.2 Å². The van der Waals surface area contributed by atoms with Gasteiger partial charge in [-0.3, -0.25) is 10.1 Å². The van der Waals surface area contributed by atoms with Crippen molar-refractivity contribution in [3.63, 3.8) is 0 Å². The number of carbonyl (C=O) groups is 2. The third-order valence-electron chi connectivity index (χ3n) is 3.62. The van der Waals surface area contributed by atoms with E-state index in [1.54, 1.807) is 20.9 Å². The van der Waals surface area contributed by atoms with Crippen LogP contribution in [0.4, 0.5) is 9.93 Å². The first kappa shape index (κ1) is 19.9. The maximum atomic E-state index is 12.5. The van der Waals surface area contributed by atoms with E-state index in [1.807, 2.05) is 0 Å². The number of nitrogens with one attached hydrogen (secondary N) is 1. The van der Waals surface area contributed by atoms with E-state index >= 15 is 0 Å². The maximum absolute atomic E-state index is 12.5. The van der Waals surface area contributed by atoms with Gasteiger partial charge in [0, 0.05) is 13.1 Å². The molecule has 1 aliphatic heterocycles. The lowest BCUT2D eigenvalue weighted by atomic mass is 10.2. The Morgan fingerprint density at radius 1 is 1.48 bits per heavy atom. The minimum absolute atomic E-state index is 0.0129. The minimum atomic E-state index is -3.04. The second-order valence-electron chi connectivity index (χ2n) is 5.48. The Hall–Kier alpha value is -1.40. The number of hydrogen-bond acceptors (Lipinski definition) is 9. The van der Waals surface area contributed by atoms with Gasteiger partial charge >= 0.3 is 6.09 Å². The Bertz CT molecular complexity index is 736. The molecule has 1 N–H and O–H groups in total. The normalized spacial score (nSPS) is 20.0. The number of anilines is 1. The molecule has 0 aromatic carbocycles. The molecule has 2 atom stereocenters. The summed E-state index contributed by atoms with van der Waals surface area (Å²) in [5.41, 5.74) is 0. The predicted molar refractivity (Wildman–Crippen MR) is 95.7 cm³/mol. The van der Waals surface area contributed by atoms with Gasteiger partial charge in [-0.25, -0.2) is 13.2 Å². The van der Waals surface area contributed by atoms with E-state index in [0.29, 0.717) is 10.8 Å². The Kier molecular flexibility index (Phi) is 6.63. The molecule has 1 aliphatic rings. The number of rotatable bonds is 6. The van der Waals surface area contributed by atoms with Gasteiger partial charge in [0.05, 0.1) is 23.4 Å². The van der Waals surface area contributed by atoms with Crippen molar-refractivity contribution >= 4 is 50.1 Å². The van der Waals surface area contributed by atoms with Crippen LogP contribution in [-0.4, -0.2) is 72.0 Å². The number of carbonyl (C=O) groups excluding carboxylic acids is 2. The second kappa shape index (κ2) is 8.32. The third kappa shape index (κ3) is 5.54. The Balaban J connectivity index is 1.90. The number of hydrogen-bond donors (Lipinski definition) is 1. The van der Waals surface area contributed by atoms with Crippen molar-refractivity contribution in [1.82, 2.24) is 15.1 Å². The third-order valence-corrected chi connectivity index (χ3v) is 7.38. The molecular formula is C13H20N4O5S3. The number of aromatic nitrogens is 2. The standard InChI is InChI=1S/C13H20N4O5S3/c1-4-22-12(19)14-11-15-16-13(24-11)23-8(2)10(18)17(3)9-5-6-25(20,21)7-9/h8-9H,4-7H2,1-3H3,(H,14,15,19). The summed E-state index contributed by atoms with van der Waals surface area (Å²) in [6.07, 6.45) is -0.143. The molecule has 1 aromatic rings. The molecule has 0 radical (unpaired) electrons. The van der Waals surface area contributed by atoms with Crippen molar-refractivity contribution in [2.45, 2.75) is 35.9 Å². The van der Waals surface area contributed by atoms with E-state index < -0.39 is 21.2 Å². The Morgan fingerprint density at radius 3 is 2.80 bits per heavy atom. The first-order valence-corrected chi connectivity index (χ1v) is 11.1. The fourth-order valence-corrected chi connectivity index (χ4v) is 6.07. The summed E-state index contributed by atoms with van der Waals surface area (Å²) in [5, 5.41) is 10.0. The minimum Gasteiger partial charge on any atom is -0.450 e. The molecule has 0 bridgehead atoms. The van der Waals surface area contributed by atoms with Crippen molar-refractivity contribution in [3.05, 3.63) is 0 Å². The summed E-state index contributed by atoms with van der Waals surface area (Å²) in [5.74, 6) is -0.0306. The smallest absolute Gasteiger partial charge is 0.413 e. The molecule has 2 amide bonds. The van der Waals surface area contributed by atoms with Crippen molar-refractivity contribution in [2.75, 3.05) is 30.5 Å². The van der Waals surface area contributed by atoms with Crippen molar-refractivity contribution < 1.29 is 22.7 Å². The molecule has 140 valence electrons. The molecule has 12 heteroatoms. The lowest BCUT2D eigenvalue weighted by molar-refractivity contribution is -0.130. The van der Waals surface area contributed by atoms with Crippen molar-refractivity contribution in [3.8, 4) is 0 Å². The summed E-state index contributed by atoms with van der Waals surface area (Å²) in [7, 11) is -1.42. The van der Waals surface area contributed by atoms with Gasteiger partial charge < -0.3 is 9.64 Å². The number of ether oxygens (including phenoxy) is 1. The fraction of sp³-hybridized carbons (Fsp3) is 0.692. The van der Waals surface area contributed by atoms with Crippen LogP contribution in [0.1, 0.15) is 20.3 Å². The van der Waals surface area contributed by atoms with Crippen LogP contribution in [0, 0.1) is 0 Å². The average Bonchev–Trinajstić information content (AvgIpc) is 3.12. The molecule has 1 fully saturated rings. The van der Waals surface area contributed by atoms with Gasteiger partial charge in [0.2, 0.25) is 11.0 Å². The summed E-state index contributed by atoms with van der Waals surface area (Å²) in [6, 6.07) is -0.281. The average molecular weight is 409 g/mol. The van der Waals surface area contributed by atoms with Gasteiger partial charge in [-0.15, -0.1) is 10.2 Å². The highest BCUT2D eigenvalue weighted by Crippen LogP contribution is 2.30. The quantitative estimate of drug-likeness (QED) is 0.551. The van der Waals surface area contributed by atoms with Crippen LogP contribution in [-0.2, 0) is 19.4 Å². The largest absolute Gasteiger partial charge is 0.450 e. The Labute approximate surface area is 154 Å². The molecule has 0 saturated carbocycles. The van der Waals surface area contributed by atoms with Crippen LogP contribution in [0.25, 0.3) is 0 Å². The lowest BCUT2D eigenvalue weighted by Crippen LogP contribution is -2.41. The summed E-state index contributed by atoms with van der Waals surface area (Å²) >= 11 is 2.35. The molecular weight excluding hydrogens is 388 g/mol. The number of nitrogens with zero attached hydrogens (tertiary/aromatic N) is 3. The van der Waals surface area contributed by atoms with Crippen LogP contribution in [0.5, 0.6) is 0 Å². The molecule has 2 heterocycles. The first-order chi connectivity index (χ1) is 11.7. The number of amides is 2. The first-order valence-electron chi connectivity index (χ1n) is 7.63. The molecule has 25 heavy (non-hydrogen) atoms. The molecule has 2 unspecified atom stereocenters. The van der Waals surface area contributed by atoms with E-state index in [1.165, 1.54) is 16.7 Å². The van der Waals surface area contributed by atoms with Gasteiger partial charge in [-0.05, 0) is 20.3 Å². The molecule has 1 aromatic heterocycles. The molecule has 0 spiro atoms. The summed E-state index contributed by atoms with van der Waals surface area (Å²) < 4.78 is 28.4. The van der Waals surface area contributed by atoms with E-state index in [9.17, 15) is 18.0 Å². The molecule has 9 nitrogen and oxygen atoms in total. The van der Waals surface area contributed by atoms with Crippen LogP contribution in [0.2, 0.25) is 0 Å². The van der Waals surface area contributed by atoms with Crippen LogP contribution in [0.15, 0.2) is 4.34 Å². The van der Waals surface area contributed by atoms with E-state index in [0.717, 1.165) is 11.3 Å². The van der Waals surface area contributed by atoms with Crippen LogP contribution < -0.4 is 5.32 Å². The predicted octanol–water partition coefficient (Wildman–Crippen LogP) is 1.23. The lowest BCUT2D eigenvalue weighted by Gasteiger charge is -2.25. The van der Waals surface area contributed by atoms with Crippen LogP contribution in [0.3, 0.4) is 0 Å². The SMILES string of the molecule is CCOC(=O)Nc1nnc(SC(C)C(=O)N(C)C2CCS(=O)(=O)C2)s1. The zero-order valence-electron chi connectivity index (χ0n) is 14.1. The number of thioether (sulfide) groups is 1. The van der Waals surface area contributed by atoms with Crippen molar-refractivity contribution in [1.29, 1.82) is 0 Å². The highest BCUT2D eigenvalue weighted by atomic mass is 32.2. The van der Waals surface area contributed by atoms with Gasteiger partial charge in [0.15, 0.2) is 14.2 Å². The zero-order chi connectivity index (χ0) is 18.6. The van der Waals surface area contributed by atoms with Gasteiger partial charge in [-0.1, -0.05) is 23.1 Å². The second-order valence-corrected chi connectivity index (χ2v) is 10.3. The summed E-state index contributed by atoms with van der Waals surface area (Å²) in [6.45, 7) is 3.67. The van der Waals surface area contributed by atoms with Crippen molar-refractivity contribution in [2.24, 2.45) is 0 Å². The van der Waals surface area contributed by atoms with Crippen LogP contribution >= 0.6 is 23.1 Å². The molecule has 0 aliphatic carbocycles. The number of sulfone groups is 1. The zero-order valence-corrected chi connectivity index (χ0v) is 16.5. The molecule has 2 rings (SSSR count). The topological polar surface area (TPSA) is 119 Å². The highest BCUT2D eigenvalue weighted by molar-refractivity contribution is 8.02. The highest BCUT2D eigenvalue weighted by Gasteiger charge is 2.34. The fourth-order valence-electron chi connectivity index (χ4n) is 2.31. The maximum Gasteiger partial charge on any atom is 0.413 e. The van der Waals surface area contributed by atoms with E-state index in [2.05, 4.69) is 15.5 Å². The monoisotopic (exact) mass is 408 g/mol. The van der Waals surface area contributed by atoms with Gasteiger partial charge in [0.25, 0.3) is 0 Å².